The highest BCUT2D eigenvalue weighted by Crippen LogP contribution is 2.15. The zero-order valence-corrected chi connectivity index (χ0v) is 9.13. The van der Waals surface area contributed by atoms with Crippen LogP contribution in [0.1, 0.15) is 12.0 Å². The maximum absolute atomic E-state index is 5.79. The molecule has 0 saturated carbocycles. The van der Waals surface area contributed by atoms with Crippen LogP contribution >= 0.6 is 35.8 Å². The highest BCUT2D eigenvalue weighted by molar-refractivity contribution is 7.80. The van der Waals surface area contributed by atoms with Gasteiger partial charge in [0.05, 0.1) is 5.56 Å². The molecule has 0 aromatic carbocycles. The molecule has 1 heterocycles. The number of hydrogen-bond donors (Lipinski definition) is 1. The van der Waals surface area contributed by atoms with Crippen molar-refractivity contribution in [2.24, 2.45) is 0 Å². The molecule has 0 fully saturated rings. The summed E-state index contributed by atoms with van der Waals surface area (Å²) < 4.78 is 0. The summed E-state index contributed by atoms with van der Waals surface area (Å²) in [6.07, 6.45) is 0.738. The Hall–Kier alpha value is -0.360. The van der Waals surface area contributed by atoms with Crippen LogP contribution in [0.3, 0.4) is 0 Å². The first kappa shape index (κ1) is 10.7. The van der Waals surface area contributed by atoms with Gasteiger partial charge in [-0.1, -0.05) is 35.0 Å². The molecule has 1 nitrogen and oxygen atoms in total. The van der Waals surface area contributed by atoms with Crippen molar-refractivity contribution in [1.29, 1.82) is 0 Å². The molecule has 0 atom stereocenters. The molecule has 13 heavy (non-hydrogen) atoms. The van der Waals surface area contributed by atoms with E-state index in [0.717, 1.165) is 12.2 Å². The average molecular weight is 232 g/mol. The third-order valence-electron chi connectivity index (χ3n) is 1.27. The zero-order valence-electron chi connectivity index (χ0n) is 6.72. The molecule has 0 bridgehead atoms. The number of rotatable bonds is 1. The van der Waals surface area contributed by atoms with Crippen LogP contribution < -0.4 is 0 Å². The van der Waals surface area contributed by atoms with Crippen molar-refractivity contribution in [3.8, 4) is 11.8 Å². The van der Waals surface area contributed by atoms with Gasteiger partial charge >= 0.3 is 0 Å². The normalized spacial score (nSPS) is 9.15. The van der Waals surface area contributed by atoms with E-state index in [-0.39, 0.29) is 0 Å². The van der Waals surface area contributed by atoms with E-state index in [1.807, 2.05) is 0 Å². The van der Waals surface area contributed by atoms with Gasteiger partial charge in [0.15, 0.2) is 0 Å². The SMILES string of the molecule is SCCC#Cc1ccc(Cl)nc1Cl. The molecule has 1 aromatic rings. The fourth-order valence-corrected chi connectivity index (χ4v) is 1.22. The number of pyridine rings is 1. The van der Waals surface area contributed by atoms with Gasteiger partial charge in [0.2, 0.25) is 0 Å². The Balaban J connectivity index is 2.85. The van der Waals surface area contributed by atoms with Gasteiger partial charge in [0, 0.05) is 12.2 Å². The Morgan fingerprint density at radius 2 is 2.15 bits per heavy atom. The van der Waals surface area contributed by atoms with Crippen LogP contribution in [0.15, 0.2) is 12.1 Å². The second-order valence-corrected chi connectivity index (χ2v) is 3.44. The summed E-state index contributed by atoms with van der Waals surface area (Å²) in [6.45, 7) is 0. The number of hydrogen-bond acceptors (Lipinski definition) is 2. The highest BCUT2D eigenvalue weighted by Gasteiger charge is 1.98. The zero-order chi connectivity index (χ0) is 9.68. The second kappa shape index (κ2) is 5.39. The molecule has 0 N–H and O–H groups in total. The van der Waals surface area contributed by atoms with E-state index in [2.05, 4.69) is 29.5 Å². The lowest BCUT2D eigenvalue weighted by Crippen LogP contribution is -1.82. The summed E-state index contributed by atoms with van der Waals surface area (Å²) in [5, 5.41) is 0.726. The molecular formula is C9H7Cl2NS. The van der Waals surface area contributed by atoms with Gasteiger partial charge in [-0.2, -0.15) is 12.6 Å². The Morgan fingerprint density at radius 1 is 1.38 bits per heavy atom. The van der Waals surface area contributed by atoms with Crippen molar-refractivity contribution >= 4 is 35.8 Å². The predicted octanol–water partition coefficient (Wildman–Crippen LogP) is 3.06. The van der Waals surface area contributed by atoms with Crippen LogP contribution in [-0.2, 0) is 0 Å². The van der Waals surface area contributed by atoms with E-state index in [0.29, 0.717) is 15.9 Å². The van der Waals surface area contributed by atoms with E-state index >= 15 is 0 Å². The molecule has 0 amide bonds. The van der Waals surface area contributed by atoms with Crippen LogP contribution in [0.5, 0.6) is 0 Å². The van der Waals surface area contributed by atoms with E-state index in [9.17, 15) is 0 Å². The molecule has 0 aliphatic rings. The molecule has 0 unspecified atom stereocenters. The summed E-state index contributed by atoms with van der Waals surface area (Å²) in [5.74, 6) is 6.55. The van der Waals surface area contributed by atoms with Crippen molar-refractivity contribution in [2.45, 2.75) is 6.42 Å². The number of nitrogens with zero attached hydrogens (tertiary/aromatic N) is 1. The number of thiol groups is 1. The largest absolute Gasteiger partial charge is 0.223 e. The minimum absolute atomic E-state index is 0.346. The Bertz CT molecular complexity index is 354. The Kier molecular flexibility index (Phi) is 4.44. The molecule has 0 spiro atoms. The molecule has 1 aromatic heterocycles. The summed E-state index contributed by atoms with van der Waals surface area (Å²) in [6, 6.07) is 3.42. The fraction of sp³-hybridized carbons (Fsp3) is 0.222. The molecule has 0 aliphatic carbocycles. The van der Waals surface area contributed by atoms with E-state index in [1.165, 1.54) is 0 Å². The van der Waals surface area contributed by atoms with Crippen molar-refractivity contribution < 1.29 is 0 Å². The minimum atomic E-state index is 0.346. The van der Waals surface area contributed by atoms with Crippen molar-refractivity contribution in [2.75, 3.05) is 5.75 Å². The van der Waals surface area contributed by atoms with Crippen LogP contribution in [0.2, 0.25) is 10.3 Å². The van der Waals surface area contributed by atoms with Gasteiger partial charge in [-0.15, -0.1) is 0 Å². The molecule has 0 aliphatic heterocycles. The van der Waals surface area contributed by atoms with Crippen molar-refractivity contribution in [3.63, 3.8) is 0 Å². The molecule has 1 rings (SSSR count). The lowest BCUT2D eigenvalue weighted by molar-refractivity contribution is 1.29. The minimum Gasteiger partial charge on any atom is -0.223 e. The first-order valence-corrected chi connectivity index (χ1v) is 5.04. The standard InChI is InChI=1S/C9H7Cl2NS/c10-8-5-4-7(9(11)12-8)3-1-2-6-13/h4-5,13H,2,6H2. The van der Waals surface area contributed by atoms with Gasteiger partial charge in [-0.05, 0) is 12.1 Å². The maximum atomic E-state index is 5.79. The lowest BCUT2D eigenvalue weighted by atomic mass is 10.3. The van der Waals surface area contributed by atoms with Gasteiger partial charge in [0.1, 0.15) is 10.3 Å². The van der Waals surface area contributed by atoms with Crippen LogP contribution in [0.25, 0.3) is 0 Å². The van der Waals surface area contributed by atoms with E-state index < -0.39 is 0 Å². The van der Waals surface area contributed by atoms with Crippen LogP contribution in [0, 0.1) is 11.8 Å². The van der Waals surface area contributed by atoms with Crippen LogP contribution in [0.4, 0.5) is 0 Å². The maximum Gasteiger partial charge on any atom is 0.146 e. The van der Waals surface area contributed by atoms with Gasteiger partial charge in [-0.25, -0.2) is 4.98 Å². The molecule has 4 heteroatoms. The number of halogens is 2. The van der Waals surface area contributed by atoms with Gasteiger partial charge < -0.3 is 0 Å². The van der Waals surface area contributed by atoms with Crippen molar-refractivity contribution in [1.82, 2.24) is 4.98 Å². The smallest absolute Gasteiger partial charge is 0.146 e. The first-order valence-electron chi connectivity index (χ1n) is 3.66. The summed E-state index contributed by atoms with van der Waals surface area (Å²) in [7, 11) is 0. The Morgan fingerprint density at radius 3 is 2.77 bits per heavy atom. The third-order valence-corrected chi connectivity index (χ3v) is 2.00. The van der Waals surface area contributed by atoms with Gasteiger partial charge in [0.25, 0.3) is 0 Å². The molecule has 0 radical (unpaired) electrons. The van der Waals surface area contributed by atoms with Crippen molar-refractivity contribution in [3.05, 3.63) is 28.0 Å². The Labute approximate surface area is 92.9 Å². The summed E-state index contributed by atoms with van der Waals surface area (Å²) in [5.41, 5.74) is 0.702. The summed E-state index contributed by atoms with van der Waals surface area (Å²) >= 11 is 15.5. The average Bonchev–Trinajstić information content (AvgIpc) is 2.09. The van der Waals surface area contributed by atoms with Crippen LogP contribution in [-0.4, -0.2) is 10.7 Å². The molecule has 0 saturated heterocycles. The monoisotopic (exact) mass is 231 g/mol. The summed E-state index contributed by atoms with van der Waals surface area (Å²) in [4.78, 5) is 3.86. The number of aromatic nitrogens is 1. The topological polar surface area (TPSA) is 12.9 Å². The quantitative estimate of drug-likeness (QED) is 0.446. The third kappa shape index (κ3) is 3.48. The first-order chi connectivity index (χ1) is 6.24. The predicted molar refractivity (Wildman–Crippen MR) is 59.6 cm³/mol. The van der Waals surface area contributed by atoms with E-state index in [1.54, 1.807) is 12.1 Å². The van der Waals surface area contributed by atoms with E-state index in [4.69, 9.17) is 23.2 Å². The molecular weight excluding hydrogens is 225 g/mol. The highest BCUT2D eigenvalue weighted by atomic mass is 35.5. The molecule has 68 valence electrons. The van der Waals surface area contributed by atoms with Gasteiger partial charge in [-0.3, -0.25) is 0 Å². The second-order valence-electron chi connectivity index (χ2n) is 2.25. The fourth-order valence-electron chi connectivity index (χ4n) is 0.719. The lowest BCUT2D eigenvalue weighted by Gasteiger charge is -1.94.